The summed E-state index contributed by atoms with van der Waals surface area (Å²) in [6.45, 7) is 2.14. The lowest BCUT2D eigenvalue weighted by Gasteiger charge is -2.19. The van der Waals surface area contributed by atoms with Gasteiger partial charge < -0.3 is 24.5 Å². The standard InChI is InChI=1S/C25H27N5O3/c26-24-23-25(28-16-27-24)30(17-29-23)12-20-11-21(32-14-19-9-5-2-6-10-19)22(33-20)15-31-13-18-7-3-1-4-8-18/h1-10,16-17,20-22H,11-15H2,(H2,26,27,28)/t20-,21+,22-/m1/s1. The maximum atomic E-state index is 6.38. The number of hydrogen-bond donors (Lipinski definition) is 1. The molecule has 170 valence electrons. The summed E-state index contributed by atoms with van der Waals surface area (Å²) in [5.41, 5.74) is 9.51. The van der Waals surface area contributed by atoms with Crippen LogP contribution in [0.15, 0.2) is 73.3 Å². The van der Waals surface area contributed by atoms with Crippen molar-refractivity contribution < 1.29 is 14.2 Å². The van der Waals surface area contributed by atoms with E-state index in [4.69, 9.17) is 19.9 Å². The van der Waals surface area contributed by atoms with Crippen molar-refractivity contribution >= 4 is 17.0 Å². The molecular formula is C25H27N5O3. The van der Waals surface area contributed by atoms with E-state index in [2.05, 4.69) is 39.2 Å². The van der Waals surface area contributed by atoms with Crippen LogP contribution in [0.1, 0.15) is 17.5 Å². The smallest absolute Gasteiger partial charge is 0.165 e. The van der Waals surface area contributed by atoms with E-state index in [0.29, 0.717) is 43.3 Å². The topological polar surface area (TPSA) is 97.3 Å². The van der Waals surface area contributed by atoms with Crippen LogP contribution >= 0.6 is 0 Å². The minimum absolute atomic E-state index is 0.0512. The van der Waals surface area contributed by atoms with Crippen molar-refractivity contribution in [3.05, 3.63) is 84.4 Å². The summed E-state index contributed by atoms with van der Waals surface area (Å²) in [5.74, 6) is 0.377. The molecule has 1 saturated heterocycles. The minimum Gasteiger partial charge on any atom is -0.382 e. The molecule has 4 aromatic rings. The number of imidazole rings is 1. The molecule has 2 aromatic heterocycles. The number of rotatable bonds is 9. The number of hydrogen-bond acceptors (Lipinski definition) is 7. The van der Waals surface area contributed by atoms with Crippen LogP contribution in [0.3, 0.4) is 0 Å². The number of fused-ring (bicyclic) bond motifs is 1. The number of nitrogen functional groups attached to an aromatic ring is 1. The molecule has 0 unspecified atom stereocenters. The molecule has 1 fully saturated rings. The van der Waals surface area contributed by atoms with Gasteiger partial charge >= 0.3 is 0 Å². The van der Waals surface area contributed by atoms with Gasteiger partial charge in [-0.1, -0.05) is 60.7 Å². The van der Waals surface area contributed by atoms with Crippen LogP contribution in [0.4, 0.5) is 5.82 Å². The summed E-state index contributed by atoms with van der Waals surface area (Å²) in [7, 11) is 0. The molecule has 1 aliphatic heterocycles. The number of nitrogens with zero attached hydrogens (tertiary/aromatic N) is 4. The Morgan fingerprint density at radius 3 is 2.42 bits per heavy atom. The Balaban J connectivity index is 1.25. The molecule has 0 spiro atoms. The molecule has 8 nitrogen and oxygen atoms in total. The van der Waals surface area contributed by atoms with Gasteiger partial charge in [0.05, 0.1) is 44.9 Å². The van der Waals surface area contributed by atoms with Gasteiger partial charge in [-0.05, 0) is 11.1 Å². The molecule has 0 aliphatic carbocycles. The van der Waals surface area contributed by atoms with Gasteiger partial charge in [-0.15, -0.1) is 0 Å². The highest BCUT2D eigenvalue weighted by atomic mass is 16.6. The van der Waals surface area contributed by atoms with Crippen molar-refractivity contribution in [2.75, 3.05) is 12.3 Å². The molecule has 33 heavy (non-hydrogen) atoms. The zero-order valence-electron chi connectivity index (χ0n) is 18.3. The molecule has 1 aliphatic rings. The van der Waals surface area contributed by atoms with Crippen molar-refractivity contribution in [2.24, 2.45) is 0 Å². The first-order chi connectivity index (χ1) is 16.3. The van der Waals surface area contributed by atoms with Gasteiger partial charge in [-0.3, -0.25) is 0 Å². The van der Waals surface area contributed by atoms with Crippen molar-refractivity contribution in [1.82, 2.24) is 19.5 Å². The van der Waals surface area contributed by atoms with Crippen molar-refractivity contribution in [3.8, 4) is 0 Å². The predicted octanol–water partition coefficient (Wildman–Crippen LogP) is 3.37. The second-order valence-corrected chi connectivity index (χ2v) is 8.20. The second-order valence-electron chi connectivity index (χ2n) is 8.20. The molecule has 5 rings (SSSR count). The lowest BCUT2D eigenvalue weighted by atomic mass is 10.1. The summed E-state index contributed by atoms with van der Waals surface area (Å²) in [4.78, 5) is 12.7. The van der Waals surface area contributed by atoms with Gasteiger partial charge in [0.25, 0.3) is 0 Å². The second kappa shape index (κ2) is 10.1. The van der Waals surface area contributed by atoms with Gasteiger partial charge in [-0.2, -0.15) is 0 Å². The molecule has 0 saturated carbocycles. The fourth-order valence-electron chi connectivity index (χ4n) is 4.14. The van der Waals surface area contributed by atoms with Gasteiger partial charge in [0.15, 0.2) is 11.5 Å². The van der Waals surface area contributed by atoms with Crippen LogP contribution < -0.4 is 5.73 Å². The van der Waals surface area contributed by atoms with Crippen LogP contribution in [0.5, 0.6) is 0 Å². The molecule has 0 bridgehead atoms. The summed E-state index contributed by atoms with van der Waals surface area (Å²) >= 11 is 0. The predicted molar refractivity (Wildman–Crippen MR) is 124 cm³/mol. The van der Waals surface area contributed by atoms with E-state index in [0.717, 1.165) is 17.5 Å². The van der Waals surface area contributed by atoms with Crippen molar-refractivity contribution in [3.63, 3.8) is 0 Å². The molecule has 2 aromatic carbocycles. The summed E-state index contributed by atoms with van der Waals surface area (Å²) in [5, 5.41) is 0. The highest BCUT2D eigenvalue weighted by Crippen LogP contribution is 2.27. The third-order valence-electron chi connectivity index (χ3n) is 5.81. The minimum atomic E-state index is -0.156. The Morgan fingerprint density at radius 2 is 1.67 bits per heavy atom. The maximum Gasteiger partial charge on any atom is 0.165 e. The lowest BCUT2D eigenvalue weighted by molar-refractivity contribution is -0.0726. The summed E-state index contributed by atoms with van der Waals surface area (Å²) in [6.07, 6.45) is 3.67. The molecule has 0 radical (unpaired) electrons. The molecular weight excluding hydrogens is 418 g/mol. The molecule has 2 N–H and O–H groups in total. The molecule has 3 heterocycles. The summed E-state index contributed by atoms with van der Waals surface area (Å²) in [6, 6.07) is 20.3. The molecule has 0 amide bonds. The van der Waals surface area contributed by atoms with Crippen LogP contribution in [-0.2, 0) is 34.0 Å². The Kier molecular flexibility index (Phi) is 6.57. The summed E-state index contributed by atoms with van der Waals surface area (Å²) < 4.78 is 20.6. The van der Waals surface area contributed by atoms with E-state index in [1.807, 2.05) is 41.0 Å². The highest BCUT2D eigenvalue weighted by Gasteiger charge is 2.36. The average Bonchev–Trinajstić information content (AvgIpc) is 3.44. The number of benzene rings is 2. The van der Waals surface area contributed by atoms with Crippen LogP contribution in [0.25, 0.3) is 11.2 Å². The van der Waals surface area contributed by atoms with Gasteiger partial charge in [0.1, 0.15) is 17.9 Å². The first kappa shape index (κ1) is 21.5. The number of aromatic nitrogens is 4. The van der Waals surface area contributed by atoms with Crippen LogP contribution in [-0.4, -0.2) is 44.4 Å². The van der Waals surface area contributed by atoms with Crippen molar-refractivity contribution in [1.29, 1.82) is 0 Å². The normalized spacial score (nSPS) is 20.4. The Labute approximate surface area is 192 Å². The Hall–Kier alpha value is -3.33. The first-order valence-corrected chi connectivity index (χ1v) is 11.1. The highest BCUT2D eigenvalue weighted by molar-refractivity contribution is 5.81. The number of nitrogens with two attached hydrogens (primary N) is 1. The van der Waals surface area contributed by atoms with E-state index in [9.17, 15) is 0 Å². The van der Waals surface area contributed by atoms with E-state index >= 15 is 0 Å². The molecule has 3 atom stereocenters. The van der Waals surface area contributed by atoms with E-state index in [-0.39, 0.29) is 18.3 Å². The van der Waals surface area contributed by atoms with Gasteiger partial charge in [0.2, 0.25) is 0 Å². The Bertz CT molecular complexity index is 1170. The third kappa shape index (κ3) is 5.19. The van der Waals surface area contributed by atoms with E-state index in [1.54, 1.807) is 6.33 Å². The van der Waals surface area contributed by atoms with Gasteiger partial charge in [0, 0.05) is 6.42 Å². The monoisotopic (exact) mass is 445 g/mol. The van der Waals surface area contributed by atoms with Crippen LogP contribution in [0.2, 0.25) is 0 Å². The fraction of sp³-hybridized carbons (Fsp3) is 0.320. The Morgan fingerprint density at radius 1 is 0.939 bits per heavy atom. The zero-order valence-corrected chi connectivity index (χ0v) is 18.3. The largest absolute Gasteiger partial charge is 0.382 e. The number of ether oxygens (including phenoxy) is 3. The van der Waals surface area contributed by atoms with E-state index in [1.165, 1.54) is 6.33 Å². The van der Waals surface area contributed by atoms with Crippen molar-refractivity contribution in [2.45, 2.75) is 44.5 Å². The number of anilines is 1. The third-order valence-corrected chi connectivity index (χ3v) is 5.81. The lowest BCUT2D eigenvalue weighted by Crippen LogP contribution is -2.29. The maximum absolute atomic E-state index is 6.38. The van der Waals surface area contributed by atoms with Gasteiger partial charge in [-0.25, -0.2) is 15.0 Å². The first-order valence-electron chi connectivity index (χ1n) is 11.1. The zero-order chi connectivity index (χ0) is 22.5. The quantitative estimate of drug-likeness (QED) is 0.422. The fourth-order valence-corrected chi connectivity index (χ4v) is 4.14. The molecule has 8 heteroatoms. The SMILES string of the molecule is Nc1ncnc2c1ncn2C[C@H]1C[C@H](OCc2ccccc2)[C@@H](COCc2ccccc2)O1. The average molecular weight is 446 g/mol. The van der Waals surface area contributed by atoms with E-state index < -0.39 is 0 Å². The van der Waals surface area contributed by atoms with Crippen LogP contribution in [0, 0.1) is 0 Å².